The third-order valence-electron chi connectivity index (χ3n) is 4.07. The minimum atomic E-state index is -1.12. The van der Waals surface area contributed by atoms with Crippen LogP contribution in [0.2, 0.25) is 0 Å². The smallest absolute Gasteiger partial charge is 0.339 e. The molecule has 0 unspecified atom stereocenters. The van der Waals surface area contributed by atoms with Gasteiger partial charge in [0.1, 0.15) is 17.1 Å². The van der Waals surface area contributed by atoms with Crippen LogP contribution in [0, 0.1) is 24.0 Å². The van der Waals surface area contributed by atoms with Gasteiger partial charge in [-0.25, -0.2) is 4.79 Å². The van der Waals surface area contributed by atoms with Crippen molar-refractivity contribution in [3.05, 3.63) is 62.6 Å². The second-order valence-corrected chi connectivity index (χ2v) is 6.18. The van der Waals surface area contributed by atoms with Crippen molar-refractivity contribution in [2.45, 2.75) is 20.4 Å². The highest BCUT2D eigenvalue weighted by molar-refractivity contribution is 5.96. The Morgan fingerprint density at radius 2 is 1.93 bits per heavy atom. The number of nitrogens with one attached hydrogen (secondary N) is 1. The van der Waals surface area contributed by atoms with E-state index >= 15 is 0 Å². The zero-order chi connectivity index (χ0) is 21.0. The van der Waals surface area contributed by atoms with Crippen LogP contribution >= 0.6 is 0 Å². The Morgan fingerprint density at radius 1 is 1.25 bits per heavy atom. The number of carbonyl (C=O) groups excluding carboxylic acids is 2. The third-order valence-corrected chi connectivity index (χ3v) is 4.07. The Bertz CT molecular complexity index is 949. The lowest BCUT2D eigenvalue weighted by atomic mass is 10.1. The van der Waals surface area contributed by atoms with Gasteiger partial charge in [-0.1, -0.05) is 0 Å². The normalized spacial score (nSPS) is 10.4. The largest absolute Gasteiger partial charge is 0.478 e. The molecule has 0 saturated carbocycles. The molecule has 2 amide bonds. The van der Waals surface area contributed by atoms with Gasteiger partial charge in [-0.2, -0.15) is 0 Å². The van der Waals surface area contributed by atoms with Crippen LogP contribution in [0.4, 0.5) is 5.69 Å². The molecule has 0 aliphatic carbocycles. The number of furan rings is 1. The Hall–Kier alpha value is -3.69. The first-order valence-corrected chi connectivity index (χ1v) is 8.20. The second-order valence-electron chi connectivity index (χ2n) is 6.18. The fraction of sp³-hybridized carbons (Fsp3) is 0.278. The van der Waals surface area contributed by atoms with Crippen molar-refractivity contribution in [2.24, 2.45) is 0 Å². The van der Waals surface area contributed by atoms with E-state index in [-0.39, 0.29) is 35.7 Å². The molecule has 10 heteroatoms. The lowest BCUT2D eigenvalue weighted by Gasteiger charge is -2.16. The summed E-state index contributed by atoms with van der Waals surface area (Å²) in [5, 5.41) is 22.3. The summed E-state index contributed by atoms with van der Waals surface area (Å²) in [6, 6.07) is 5.27. The van der Waals surface area contributed by atoms with Gasteiger partial charge in [0.25, 0.3) is 11.6 Å². The molecular formula is C18H19N3O7. The molecule has 0 atom stereocenters. The van der Waals surface area contributed by atoms with Crippen LogP contribution in [0.1, 0.15) is 37.8 Å². The number of rotatable bonds is 7. The molecular weight excluding hydrogens is 370 g/mol. The number of amides is 2. The maximum absolute atomic E-state index is 12.2. The van der Waals surface area contributed by atoms with Crippen molar-refractivity contribution in [1.29, 1.82) is 0 Å². The first-order chi connectivity index (χ1) is 13.1. The molecule has 10 nitrogen and oxygen atoms in total. The standard InChI is InChI=1S/C18H19N3O7/c1-10-6-12(4-5-15(10)21(26)27)17(23)19-8-16(22)20(3)9-13-7-14(18(24)25)11(2)28-13/h4-7H,8-9H2,1-3H3,(H,19,23)(H,24,25). The SMILES string of the molecule is Cc1cc(C(=O)NCC(=O)N(C)Cc2cc(C(=O)O)c(C)o2)ccc1[N+](=O)[O-]. The van der Waals surface area contributed by atoms with Crippen molar-refractivity contribution in [1.82, 2.24) is 10.2 Å². The highest BCUT2D eigenvalue weighted by atomic mass is 16.6. The van der Waals surface area contributed by atoms with E-state index in [1.165, 1.54) is 50.1 Å². The van der Waals surface area contributed by atoms with E-state index in [0.29, 0.717) is 11.3 Å². The summed E-state index contributed by atoms with van der Waals surface area (Å²) in [4.78, 5) is 46.9. The van der Waals surface area contributed by atoms with Gasteiger partial charge < -0.3 is 19.7 Å². The van der Waals surface area contributed by atoms with Crippen molar-refractivity contribution < 1.29 is 28.8 Å². The summed E-state index contributed by atoms with van der Waals surface area (Å²) in [7, 11) is 1.49. The Labute approximate surface area is 159 Å². The topological polar surface area (TPSA) is 143 Å². The van der Waals surface area contributed by atoms with Gasteiger partial charge in [-0.15, -0.1) is 0 Å². The highest BCUT2D eigenvalue weighted by Crippen LogP contribution is 2.19. The van der Waals surface area contributed by atoms with Gasteiger partial charge >= 0.3 is 5.97 Å². The molecule has 1 aromatic heterocycles. The molecule has 0 aliphatic heterocycles. The number of carboxylic acids is 1. The summed E-state index contributed by atoms with van der Waals surface area (Å²) >= 11 is 0. The van der Waals surface area contributed by atoms with Crippen LogP contribution in [-0.2, 0) is 11.3 Å². The van der Waals surface area contributed by atoms with Crippen LogP contribution in [0.3, 0.4) is 0 Å². The van der Waals surface area contributed by atoms with Crippen LogP contribution < -0.4 is 5.32 Å². The van der Waals surface area contributed by atoms with E-state index in [0.717, 1.165) is 0 Å². The number of hydrogen-bond donors (Lipinski definition) is 2. The van der Waals surface area contributed by atoms with Crippen molar-refractivity contribution in [3.8, 4) is 0 Å². The summed E-state index contributed by atoms with van der Waals surface area (Å²) < 4.78 is 5.32. The number of aromatic carboxylic acids is 1. The van der Waals surface area contributed by atoms with Crippen LogP contribution in [-0.4, -0.2) is 46.3 Å². The lowest BCUT2D eigenvalue weighted by Crippen LogP contribution is -2.37. The molecule has 1 heterocycles. The number of nitrogens with zero attached hydrogens (tertiary/aromatic N) is 2. The zero-order valence-electron chi connectivity index (χ0n) is 15.5. The number of benzene rings is 1. The van der Waals surface area contributed by atoms with E-state index in [9.17, 15) is 24.5 Å². The van der Waals surface area contributed by atoms with Crippen LogP contribution in [0.25, 0.3) is 0 Å². The van der Waals surface area contributed by atoms with Crippen molar-refractivity contribution in [2.75, 3.05) is 13.6 Å². The molecule has 0 spiro atoms. The summed E-state index contributed by atoms with van der Waals surface area (Å²) in [5.41, 5.74) is 0.467. The molecule has 2 aromatic rings. The average molecular weight is 389 g/mol. The Morgan fingerprint density at radius 3 is 2.46 bits per heavy atom. The third kappa shape index (κ3) is 4.72. The van der Waals surface area contributed by atoms with E-state index in [2.05, 4.69) is 5.32 Å². The molecule has 0 bridgehead atoms. The van der Waals surface area contributed by atoms with Crippen molar-refractivity contribution >= 4 is 23.5 Å². The van der Waals surface area contributed by atoms with Gasteiger partial charge in [0.05, 0.1) is 18.0 Å². The molecule has 1 aromatic carbocycles. The van der Waals surface area contributed by atoms with Crippen molar-refractivity contribution in [3.63, 3.8) is 0 Å². The lowest BCUT2D eigenvalue weighted by molar-refractivity contribution is -0.385. The Kier molecular flexibility index (Phi) is 6.14. The van der Waals surface area contributed by atoms with Gasteiger partial charge in [-0.05, 0) is 32.0 Å². The zero-order valence-corrected chi connectivity index (χ0v) is 15.5. The number of likely N-dealkylation sites (N-methyl/N-ethyl adjacent to an activating group) is 1. The number of carbonyl (C=O) groups is 3. The summed E-state index contributed by atoms with van der Waals surface area (Å²) in [6.45, 7) is 2.78. The first kappa shape index (κ1) is 20.6. The molecule has 2 rings (SSSR count). The molecule has 0 saturated heterocycles. The van der Waals surface area contributed by atoms with Crippen LogP contribution in [0.15, 0.2) is 28.7 Å². The number of aryl methyl sites for hydroxylation is 2. The highest BCUT2D eigenvalue weighted by Gasteiger charge is 2.18. The number of hydrogen-bond acceptors (Lipinski definition) is 6. The van der Waals surface area contributed by atoms with E-state index in [4.69, 9.17) is 9.52 Å². The van der Waals surface area contributed by atoms with Gasteiger partial charge in [-0.3, -0.25) is 19.7 Å². The minimum Gasteiger partial charge on any atom is -0.478 e. The second kappa shape index (κ2) is 8.33. The number of nitro benzene ring substituents is 1. The quantitative estimate of drug-likeness (QED) is 0.543. The summed E-state index contributed by atoms with van der Waals surface area (Å²) in [5.74, 6) is -1.53. The maximum atomic E-state index is 12.2. The van der Waals surface area contributed by atoms with Crippen LogP contribution in [0.5, 0.6) is 0 Å². The maximum Gasteiger partial charge on any atom is 0.339 e. The van der Waals surface area contributed by atoms with Gasteiger partial charge in [0.15, 0.2) is 0 Å². The predicted octanol–water partition coefficient (Wildman–Crippen LogP) is 1.89. The molecule has 0 aliphatic rings. The average Bonchev–Trinajstić information content (AvgIpc) is 2.99. The summed E-state index contributed by atoms with van der Waals surface area (Å²) in [6.07, 6.45) is 0. The monoisotopic (exact) mass is 389 g/mol. The first-order valence-electron chi connectivity index (χ1n) is 8.20. The Balaban J connectivity index is 1.94. The fourth-order valence-corrected chi connectivity index (χ4v) is 2.55. The van der Waals surface area contributed by atoms with E-state index in [1.54, 1.807) is 0 Å². The molecule has 0 radical (unpaired) electrons. The molecule has 148 valence electrons. The fourth-order valence-electron chi connectivity index (χ4n) is 2.55. The van der Waals surface area contributed by atoms with E-state index in [1.807, 2.05) is 0 Å². The number of nitro groups is 1. The predicted molar refractivity (Wildman–Crippen MR) is 97.0 cm³/mol. The number of carboxylic acid groups (broad SMARTS) is 1. The molecule has 28 heavy (non-hydrogen) atoms. The molecule has 2 N–H and O–H groups in total. The van der Waals surface area contributed by atoms with Gasteiger partial charge in [0.2, 0.25) is 5.91 Å². The minimum absolute atomic E-state index is 0.0256. The van der Waals surface area contributed by atoms with E-state index < -0.39 is 22.7 Å². The van der Waals surface area contributed by atoms with Gasteiger partial charge in [0, 0.05) is 24.2 Å². The molecule has 0 fully saturated rings.